The Kier molecular flexibility index (Phi) is 3.93. The molecule has 0 aliphatic heterocycles. The summed E-state index contributed by atoms with van der Waals surface area (Å²) in [6.45, 7) is 6.74. The van der Waals surface area contributed by atoms with Gasteiger partial charge in [-0.3, -0.25) is 4.68 Å². The number of fused-ring (bicyclic) bond motifs is 1. The molecular weight excluding hydrogens is 252 g/mol. The highest BCUT2D eigenvalue weighted by molar-refractivity contribution is 6.33. The van der Waals surface area contributed by atoms with Crippen LogP contribution in [-0.4, -0.2) is 26.4 Å². The number of rotatable bonds is 5. The van der Waals surface area contributed by atoms with Crippen LogP contribution in [0.15, 0.2) is 18.3 Å². The molecule has 0 saturated heterocycles. The van der Waals surface area contributed by atoms with Crippen LogP contribution in [0.5, 0.6) is 0 Å². The Bertz CT molecular complexity index is 579. The van der Waals surface area contributed by atoms with Gasteiger partial charge in [0.15, 0.2) is 11.5 Å². The lowest BCUT2D eigenvalue weighted by atomic mass is 10.3. The van der Waals surface area contributed by atoms with Crippen molar-refractivity contribution in [3.05, 3.63) is 29.3 Å². The predicted molar refractivity (Wildman–Crippen MR) is 70.4 cm³/mol. The second-order valence-electron chi connectivity index (χ2n) is 4.20. The van der Waals surface area contributed by atoms with Crippen LogP contribution < -0.4 is 0 Å². The molecule has 0 amide bonds. The number of hydrogen-bond acceptors (Lipinski definition) is 4. The molecule has 6 heteroatoms. The van der Waals surface area contributed by atoms with Crippen LogP contribution in [0.3, 0.4) is 0 Å². The van der Waals surface area contributed by atoms with E-state index in [-0.39, 0.29) is 0 Å². The SMILES string of the molecule is C=C(C)CCOCc1nc(Cl)c2cnn(C)c2n1. The van der Waals surface area contributed by atoms with E-state index >= 15 is 0 Å². The number of aryl methyl sites for hydroxylation is 1. The van der Waals surface area contributed by atoms with Crippen LogP contribution in [0.2, 0.25) is 5.15 Å². The number of nitrogens with zero attached hydrogens (tertiary/aromatic N) is 4. The van der Waals surface area contributed by atoms with Gasteiger partial charge in [0.2, 0.25) is 0 Å². The maximum Gasteiger partial charge on any atom is 0.162 e. The number of aromatic nitrogens is 4. The zero-order chi connectivity index (χ0) is 13.1. The van der Waals surface area contributed by atoms with Crippen molar-refractivity contribution in [3.8, 4) is 0 Å². The van der Waals surface area contributed by atoms with Gasteiger partial charge in [0.1, 0.15) is 11.8 Å². The monoisotopic (exact) mass is 266 g/mol. The molecule has 0 bridgehead atoms. The van der Waals surface area contributed by atoms with E-state index < -0.39 is 0 Å². The maximum atomic E-state index is 6.06. The zero-order valence-corrected chi connectivity index (χ0v) is 11.2. The largest absolute Gasteiger partial charge is 0.373 e. The van der Waals surface area contributed by atoms with Gasteiger partial charge >= 0.3 is 0 Å². The third-order valence-corrected chi connectivity index (χ3v) is 2.78. The predicted octanol–water partition coefficient (Wildman–Crippen LogP) is 2.50. The van der Waals surface area contributed by atoms with Crippen LogP contribution in [0.25, 0.3) is 11.0 Å². The lowest BCUT2D eigenvalue weighted by molar-refractivity contribution is 0.118. The molecule has 0 saturated carbocycles. The van der Waals surface area contributed by atoms with Crippen molar-refractivity contribution in [2.75, 3.05) is 6.61 Å². The normalized spacial score (nSPS) is 11.1. The summed E-state index contributed by atoms with van der Waals surface area (Å²) in [5.41, 5.74) is 1.81. The van der Waals surface area contributed by atoms with E-state index in [1.165, 1.54) is 0 Å². The van der Waals surface area contributed by atoms with Gasteiger partial charge in [0.05, 0.1) is 18.2 Å². The molecule has 96 valence electrons. The van der Waals surface area contributed by atoms with Gasteiger partial charge in [0, 0.05) is 7.05 Å². The summed E-state index contributed by atoms with van der Waals surface area (Å²) >= 11 is 6.06. The minimum atomic E-state index is 0.341. The van der Waals surface area contributed by atoms with Crippen molar-refractivity contribution in [2.24, 2.45) is 7.05 Å². The molecule has 0 aromatic carbocycles. The molecule has 2 rings (SSSR count). The Morgan fingerprint density at radius 2 is 2.28 bits per heavy atom. The van der Waals surface area contributed by atoms with Crippen molar-refractivity contribution in [3.63, 3.8) is 0 Å². The van der Waals surface area contributed by atoms with Crippen molar-refractivity contribution in [1.29, 1.82) is 0 Å². The molecule has 0 N–H and O–H groups in total. The van der Waals surface area contributed by atoms with Crippen molar-refractivity contribution >= 4 is 22.6 Å². The molecule has 0 fully saturated rings. The van der Waals surface area contributed by atoms with Gasteiger partial charge < -0.3 is 4.74 Å². The molecule has 0 spiro atoms. The topological polar surface area (TPSA) is 52.8 Å². The Morgan fingerprint density at radius 3 is 3.00 bits per heavy atom. The maximum absolute atomic E-state index is 6.06. The number of halogens is 1. The Hall–Kier alpha value is -1.46. The first-order chi connectivity index (χ1) is 8.58. The number of hydrogen-bond donors (Lipinski definition) is 0. The summed E-state index contributed by atoms with van der Waals surface area (Å²) in [6, 6.07) is 0. The quantitative estimate of drug-likeness (QED) is 0.474. The summed E-state index contributed by atoms with van der Waals surface area (Å²) in [7, 11) is 1.82. The van der Waals surface area contributed by atoms with Crippen LogP contribution in [0.1, 0.15) is 19.2 Å². The molecule has 0 radical (unpaired) electrons. The molecule has 0 atom stereocenters. The van der Waals surface area contributed by atoms with Gasteiger partial charge in [-0.25, -0.2) is 9.97 Å². The van der Waals surface area contributed by atoms with E-state index in [0.29, 0.717) is 29.8 Å². The first kappa shape index (κ1) is 13.0. The van der Waals surface area contributed by atoms with E-state index in [0.717, 1.165) is 17.4 Å². The molecule has 0 aliphatic rings. The molecule has 0 unspecified atom stereocenters. The average molecular weight is 267 g/mol. The lowest BCUT2D eigenvalue weighted by Gasteiger charge is -2.04. The van der Waals surface area contributed by atoms with E-state index in [2.05, 4.69) is 21.6 Å². The van der Waals surface area contributed by atoms with E-state index in [1.54, 1.807) is 10.9 Å². The van der Waals surface area contributed by atoms with E-state index in [4.69, 9.17) is 16.3 Å². The highest BCUT2D eigenvalue weighted by Gasteiger charge is 2.09. The van der Waals surface area contributed by atoms with Gasteiger partial charge in [0.25, 0.3) is 0 Å². The van der Waals surface area contributed by atoms with Gasteiger partial charge in [-0.1, -0.05) is 17.2 Å². The average Bonchev–Trinajstić information content (AvgIpc) is 2.67. The minimum Gasteiger partial charge on any atom is -0.373 e. The molecule has 0 aliphatic carbocycles. The molecule has 5 nitrogen and oxygen atoms in total. The molecule has 2 aromatic heterocycles. The fourth-order valence-electron chi connectivity index (χ4n) is 1.50. The Labute approximate surface area is 110 Å². The smallest absolute Gasteiger partial charge is 0.162 e. The molecule has 2 aromatic rings. The third kappa shape index (κ3) is 2.86. The summed E-state index contributed by atoms with van der Waals surface area (Å²) in [6.07, 6.45) is 2.49. The fourth-order valence-corrected chi connectivity index (χ4v) is 1.74. The Balaban J connectivity index is 2.09. The summed E-state index contributed by atoms with van der Waals surface area (Å²) in [4.78, 5) is 8.55. The van der Waals surface area contributed by atoms with Crippen LogP contribution in [0.4, 0.5) is 0 Å². The van der Waals surface area contributed by atoms with Crippen LogP contribution >= 0.6 is 11.6 Å². The van der Waals surface area contributed by atoms with Gasteiger partial charge in [-0.15, -0.1) is 6.58 Å². The summed E-state index contributed by atoms with van der Waals surface area (Å²) in [5.74, 6) is 0.567. The minimum absolute atomic E-state index is 0.341. The van der Waals surface area contributed by atoms with Crippen molar-refractivity contribution < 1.29 is 4.74 Å². The number of ether oxygens (including phenoxy) is 1. The van der Waals surface area contributed by atoms with Gasteiger partial charge in [-0.05, 0) is 13.3 Å². The van der Waals surface area contributed by atoms with Crippen LogP contribution in [0, 0.1) is 0 Å². The standard InChI is InChI=1S/C12H15ClN4O/c1-8(2)4-5-18-7-10-15-11(13)9-6-14-17(3)12(9)16-10/h6H,1,4-5,7H2,2-3H3. The highest BCUT2D eigenvalue weighted by Crippen LogP contribution is 2.19. The molecular formula is C12H15ClN4O. The van der Waals surface area contributed by atoms with Crippen LogP contribution in [-0.2, 0) is 18.4 Å². The second kappa shape index (κ2) is 5.46. The Morgan fingerprint density at radius 1 is 1.50 bits per heavy atom. The summed E-state index contributed by atoms with van der Waals surface area (Å²) in [5, 5.41) is 5.26. The van der Waals surface area contributed by atoms with E-state index in [1.807, 2.05) is 14.0 Å². The van der Waals surface area contributed by atoms with E-state index in [9.17, 15) is 0 Å². The molecule has 2 heterocycles. The third-order valence-electron chi connectivity index (χ3n) is 2.50. The van der Waals surface area contributed by atoms with Crippen molar-refractivity contribution in [2.45, 2.75) is 20.0 Å². The first-order valence-corrected chi connectivity index (χ1v) is 6.02. The second-order valence-corrected chi connectivity index (χ2v) is 4.55. The zero-order valence-electron chi connectivity index (χ0n) is 10.5. The molecule has 18 heavy (non-hydrogen) atoms. The fraction of sp³-hybridized carbons (Fsp3) is 0.417. The van der Waals surface area contributed by atoms with Crippen molar-refractivity contribution in [1.82, 2.24) is 19.7 Å². The summed E-state index contributed by atoms with van der Waals surface area (Å²) < 4.78 is 7.14. The lowest BCUT2D eigenvalue weighted by Crippen LogP contribution is -2.03. The first-order valence-electron chi connectivity index (χ1n) is 5.64. The van der Waals surface area contributed by atoms with Gasteiger partial charge in [-0.2, -0.15) is 5.10 Å². The highest BCUT2D eigenvalue weighted by atomic mass is 35.5.